The topological polar surface area (TPSA) is 96.1 Å². The first-order valence-corrected chi connectivity index (χ1v) is 9.69. The van der Waals surface area contributed by atoms with Gasteiger partial charge in [0.1, 0.15) is 18.4 Å². The van der Waals surface area contributed by atoms with Gasteiger partial charge < -0.3 is 20.3 Å². The van der Waals surface area contributed by atoms with Crippen molar-refractivity contribution in [1.82, 2.24) is 5.32 Å². The smallest absolute Gasteiger partial charge is 0.408 e. The van der Waals surface area contributed by atoms with Crippen LogP contribution in [0.1, 0.15) is 25.8 Å². The Morgan fingerprint density at radius 3 is 2.27 bits per heavy atom. The first kappa shape index (κ1) is 22.9. The molecule has 0 saturated carbocycles. The quantitative estimate of drug-likeness (QED) is 0.466. The van der Waals surface area contributed by atoms with Gasteiger partial charge in [-0.25, -0.2) is 9.59 Å². The molecule has 1 amide bonds. The zero-order valence-electron chi connectivity index (χ0n) is 17.1. The van der Waals surface area contributed by atoms with Crippen LogP contribution in [-0.4, -0.2) is 23.6 Å². The van der Waals surface area contributed by atoms with Crippen molar-refractivity contribution in [3.05, 3.63) is 78.4 Å². The van der Waals surface area contributed by atoms with Crippen LogP contribution in [0.5, 0.6) is 5.75 Å². The van der Waals surface area contributed by atoms with Crippen LogP contribution in [0.4, 0.5) is 4.79 Å². The fourth-order valence-corrected chi connectivity index (χ4v) is 3.01. The van der Waals surface area contributed by atoms with Gasteiger partial charge in [-0.15, -0.1) is 0 Å². The predicted octanol–water partition coefficient (Wildman–Crippen LogP) is 4.26. The van der Waals surface area contributed by atoms with Gasteiger partial charge in [-0.2, -0.15) is 0 Å². The number of hydrogen-bond acceptors (Lipinski definition) is 4. The molecule has 0 fully saturated rings. The number of benzene rings is 3. The molecule has 0 aromatic heterocycles. The van der Waals surface area contributed by atoms with E-state index in [1.165, 1.54) is 0 Å². The predicted molar refractivity (Wildman–Crippen MR) is 116 cm³/mol. The second-order valence-corrected chi connectivity index (χ2v) is 7.32. The van der Waals surface area contributed by atoms with Crippen molar-refractivity contribution in [1.29, 1.82) is 0 Å². The molecule has 1 atom stereocenters. The van der Waals surface area contributed by atoms with Crippen LogP contribution in [0, 0.1) is 5.92 Å². The second-order valence-electron chi connectivity index (χ2n) is 7.32. The van der Waals surface area contributed by atoms with Crippen molar-refractivity contribution in [2.45, 2.75) is 32.9 Å². The Kier molecular flexibility index (Phi) is 8.38. The highest BCUT2D eigenvalue weighted by Gasteiger charge is 2.24. The first-order chi connectivity index (χ1) is 14.0. The molecular weight excluding hydrogens is 382 g/mol. The highest BCUT2D eigenvalue weighted by Crippen LogP contribution is 2.21. The third kappa shape index (κ3) is 6.60. The van der Waals surface area contributed by atoms with Gasteiger partial charge in [-0.3, -0.25) is 0 Å². The van der Waals surface area contributed by atoms with E-state index in [9.17, 15) is 9.59 Å². The third-order valence-corrected chi connectivity index (χ3v) is 4.44. The van der Waals surface area contributed by atoms with Gasteiger partial charge in [-0.1, -0.05) is 74.5 Å². The summed E-state index contributed by atoms with van der Waals surface area (Å²) < 4.78 is 10.8. The van der Waals surface area contributed by atoms with E-state index < -0.39 is 18.1 Å². The molecule has 6 nitrogen and oxygen atoms in total. The van der Waals surface area contributed by atoms with Gasteiger partial charge in [-0.05, 0) is 40.8 Å². The lowest BCUT2D eigenvalue weighted by Gasteiger charge is -2.19. The number of amides is 1. The molecule has 0 radical (unpaired) electrons. The maximum atomic E-state index is 12.7. The average Bonchev–Trinajstić information content (AvgIpc) is 2.72. The summed E-state index contributed by atoms with van der Waals surface area (Å²) in [6.45, 7) is 4.10. The maximum Gasteiger partial charge on any atom is 0.408 e. The number of ether oxygens (including phenoxy) is 2. The molecule has 0 spiro atoms. The number of nitrogens with one attached hydrogen (secondary N) is 1. The first-order valence-electron chi connectivity index (χ1n) is 9.69. The number of hydrogen-bond donors (Lipinski definition) is 1. The highest BCUT2D eigenvalue weighted by atomic mass is 16.6. The van der Waals surface area contributed by atoms with E-state index in [0.717, 1.165) is 16.3 Å². The summed E-state index contributed by atoms with van der Waals surface area (Å²) in [6.07, 6.45) is -0.192. The molecule has 0 saturated heterocycles. The standard InChI is InChI=1S/C24H25NO4.H2O/c1-17(2)14-22(25-24(27)28-16-18-8-4-3-5-9-18)23(26)29-21-13-12-19-10-6-7-11-20(19)15-21;/h3-13,15,17,22H,14,16H2,1-2H3,(H,25,27);1H2/t22-;/m1./s1. The molecule has 3 aromatic rings. The van der Waals surface area contributed by atoms with Gasteiger partial charge in [0.25, 0.3) is 0 Å². The summed E-state index contributed by atoms with van der Waals surface area (Å²) in [6, 6.07) is 21.9. The van der Waals surface area contributed by atoms with Crippen molar-refractivity contribution in [3.8, 4) is 5.75 Å². The van der Waals surface area contributed by atoms with Crippen molar-refractivity contribution < 1.29 is 24.5 Å². The molecule has 30 heavy (non-hydrogen) atoms. The third-order valence-electron chi connectivity index (χ3n) is 4.44. The number of carbonyl (C=O) groups is 2. The van der Waals surface area contributed by atoms with Gasteiger partial charge in [0.15, 0.2) is 0 Å². The van der Waals surface area contributed by atoms with Crippen LogP contribution in [0.25, 0.3) is 10.8 Å². The summed E-state index contributed by atoms with van der Waals surface area (Å²) in [4.78, 5) is 24.9. The molecule has 3 aromatic carbocycles. The van der Waals surface area contributed by atoms with E-state index >= 15 is 0 Å². The molecule has 0 aliphatic rings. The number of fused-ring (bicyclic) bond motifs is 1. The van der Waals surface area contributed by atoms with E-state index in [2.05, 4.69) is 5.32 Å². The molecule has 0 unspecified atom stereocenters. The van der Waals surface area contributed by atoms with E-state index in [4.69, 9.17) is 9.47 Å². The van der Waals surface area contributed by atoms with E-state index in [0.29, 0.717) is 12.2 Å². The van der Waals surface area contributed by atoms with Gasteiger partial charge in [0.05, 0.1) is 0 Å². The molecule has 158 valence electrons. The molecule has 6 heteroatoms. The van der Waals surface area contributed by atoms with Gasteiger partial charge in [0, 0.05) is 0 Å². The fourth-order valence-electron chi connectivity index (χ4n) is 3.01. The normalized spacial score (nSPS) is 11.4. The number of alkyl carbamates (subject to hydrolysis) is 1. The minimum Gasteiger partial charge on any atom is -0.445 e. The Hall–Kier alpha value is -3.38. The molecular formula is C24H27NO5. The van der Waals surface area contributed by atoms with Crippen LogP contribution in [0.15, 0.2) is 72.8 Å². The average molecular weight is 409 g/mol. The van der Waals surface area contributed by atoms with Crippen LogP contribution >= 0.6 is 0 Å². The number of esters is 1. The summed E-state index contributed by atoms with van der Waals surface area (Å²) in [5.41, 5.74) is 0.877. The molecule has 3 rings (SSSR count). The Morgan fingerprint density at radius 1 is 0.900 bits per heavy atom. The maximum absolute atomic E-state index is 12.7. The van der Waals surface area contributed by atoms with Crippen molar-refractivity contribution >= 4 is 22.8 Å². The van der Waals surface area contributed by atoms with Crippen LogP contribution < -0.4 is 10.1 Å². The summed E-state index contributed by atoms with van der Waals surface area (Å²) >= 11 is 0. The van der Waals surface area contributed by atoms with Crippen molar-refractivity contribution in [2.75, 3.05) is 0 Å². The molecule has 0 heterocycles. The monoisotopic (exact) mass is 409 g/mol. The lowest BCUT2D eigenvalue weighted by Crippen LogP contribution is -2.44. The SMILES string of the molecule is CC(C)C[C@@H](NC(=O)OCc1ccccc1)C(=O)Oc1ccc2ccccc2c1.O. The summed E-state index contributed by atoms with van der Waals surface area (Å²) in [5, 5.41) is 4.68. The second kappa shape index (κ2) is 11.0. The molecule has 0 aliphatic carbocycles. The van der Waals surface area contributed by atoms with Gasteiger partial charge >= 0.3 is 12.1 Å². The van der Waals surface area contributed by atoms with E-state index in [1.54, 1.807) is 6.07 Å². The molecule has 3 N–H and O–H groups in total. The zero-order valence-corrected chi connectivity index (χ0v) is 17.1. The minimum absolute atomic E-state index is 0. The Bertz CT molecular complexity index is 972. The van der Waals surface area contributed by atoms with Crippen molar-refractivity contribution in [2.24, 2.45) is 5.92 Å². The summed E-state index contributed by atoms with van der Waals surface area (Å²) in [7, 11) is 0. The van der Waals surface area contributed by atoms with Crippen molar-refractivity contribution in [3.63, 3.8) is 0 Å². The number of rotatable bonds is 7. The number of carbonyl (C=O) groups excluding carboxylic acids is 2. The Morgan fingerprint density at radius 2 is 1.57 bits per heavy atom. The minimum atomic E-state index is -0.787. The lowest BCUT2D eigenvalue weighted by molar-refractivity contribution is -0.137. The Labute approximate surface area is 176 Å². The Balaban J connectivity index is 0.00000320. The summed E-state index contributed by atoms with van der Waals surface area (Å²) in [5.74, 6) is 0.131. The van der Waals surface area contributed by atoms with Crippen LogP contribution in [0.3, 0.4) is 0 Å². The molecule has 0 bridgehead atoms. The lowest BCUT2D eigenvalue weighted by atomic mass is 10.0. The van der Waals surface area contributed by atoms with Crippen LogP contribution in [-0.2, 0) is 16.1 Å². The van der Waals surface area contributed by atoms with E-state index in [-0.39, 0.29) is 18.0 Å². The largest absolute Gasteiger partial charge is 0.445 e. The fraction of sp³-hybridized carbons (Fsp3) is 0.250. The highest BCUT2D eigenvalue weighted by molar-refractivity contribution is 5.86. The molecule has 0 aliphatic heterocycles. The van der Waals surface area contributed by atoms with Gasteiger partial charge in [0.2, 0.25) is 0 Å². The van der Waals surface area contributed by atoms with Crippen LogP contribution in [0.2, 0.25) is 0 Å². The van der Waals surface area contributed by atoms with E-state index in [1.807, 2.05) is 80.6 Å². The zero-order chi connectivity index (χ0) is 20.6.